The maximum Gasteiger partial charge on any atom is 0.240 e. The number of likely N-dealkylation sites (tertiary alicyclic amines) is 1. The SMILES string of the molecule is CC(Br)C1CCN(C(=O)C(C)S(C)(=O)=O)CC1. The van der Waals surface area contributed by atoms with Crippen molar-refractivity contribution < 1.29 is 13.2 Å². The van der Waals surface area contributed by atoms with Crippen molar-refractivity contribution >= 4 is 31.7 Å². The van der Waals surface area contributed by atoms with Crippen molar-refractivity contribution in [1.29, 1.82) is 0 Å². The van der Waals surface area contributed by atoms with E-state index < -0.39 is 15.1 Å². The van der Waals surface area contributed by atoms with E-state index in [0.29, 0.717) is 23.8 Å². The molecule has 1 rings (SSSR count). The summed E-state index contributed by atoms with van der Waals surface area (Å²) < 4.78 is 22.7. The maximum atomic E-state index is 12.0. The van der Waals surface area contributed by atoms with E-state index in [1.54, 1.807) is 4.90 Å². The number of rotatable bonds is 3. The molecule has 1 fully saturated rings. The van der Waals surface area contributed by atoms with Gasteiger partial charge in [0.15, 0.2) is 9.84 Å². The molecule has 100 valence electrons. The van der Waals surface area contributed by atoms with Crippen LogP contribution in [0.5, 0.6) is 0 Å². The maximum absolute atomic E-state index is 12.0. The molecule has 0 spiro atoms. The summed E-state index contributed by atoms with van der Waals surface area (Å²) in [6, 6.07) is 0. The molecule has 0 aliphatic carbocycles. The van der Waals surface area contributed by atoms with Crippen LogP contribution < -0.4 is 0 Å². The minimum Gasteiger partial charge on any atom is -0.342 e. The normalized spacial score (nSPS) is 22.2. The Morgan fingerprint density at radius 3 is 2.12 bits per heavy atom. The van der Waals surface area contributed by atoms with E-state index in [0.717, 1.165) is 19.1 Å². The Bertz CT molecular complexity index is 372. The van der Waals surface area contributed by atoms with Gasteiger partial charge in [-0.05, 0) is 25.7 Å². The molecule has 0 N–H and O–H groups in total. The molecule has 2 atom stereocenters. The number of carbonyl (C=O) groups excluding carboxylic acids is 1. The molecule has 1 saturated heterocycles. The van der Waals surface area contributed by atoms with Gasteiger partial charge < -0.3 is 4.90 Å². The van der Waals surface area contributed by atoms with Crippen molar-refractivity contribution in [3.63, 3.8) is 0 Å². The highest BCUT2D eigenvalue weighted by Gasteiger charge is 2.31. The molecule has 0 aromatic rings. The first-order valence-corrected chi connectivity index (χ1v) is 8.72. The Morgan fingerprint density at radius 2 is 1.76 bits per heavy atom. The molecule has 4 nitrogen and oxygen atoms in total. The lowest BCUT2D eigenvalue weighted by Gasteiger charge is -2.34. The molecule has 1 aliphatic rings. The summed E-state index contributed by atoms with van der Waals surface area (Å²) in [6.07, 6.45) is 2.99. The lowest BCUT2D eigenvalue weighted by atomic mass is 9.94. The average molecular weight is 326 g/mol. The van der Waals surface area contributed by atoms with Gasteiger partial charge in [0.1, 0.15) is 5.25 Å². The van der Waals surface area contributed by atoms with Crippen LogP contribution in [0.1, 0.15) is 26.7 Å². The first-order valence-electron chi connectivity index (χ1n) is 5.85. The molecule has 1 amide bonds. The van der Waals surface area contributed by atoms with Gasteiger partial charge in [0.05, 0.1) is 0 Å². The topological polar surface area (TPSA) is 54.5 Å². The molecule has 0 aromatic carbocycles. The Hall–Kier alpha value is -0.100. The lowest BCUT2D eigenvalue weighted by molar-refractivity contribution is -0.131. The number of halogens is 1. The van der Waals surface area contributed by atoms with Gasteiger partial charge in [-0.1, -0.05) is 22.9 Å². The number of alkyl halides is 1. The molecule has 6 heteroatoms. The van der Waals surface area contributed by atoms with E-state index in [-0.39, 0.29) is 5.91 Å². The van der Waals surface area contributed by atoms with Crippen LogP contribution in [0.4, 0.5) is 0 Å². The molecular weight excluding hydrogens is 306 g/mol. The Morgan fingerprint density at radius 1 is 1.29 bits per heavy atom. The van der Waals surface area contributed by atoms with Gasteiger partial charge in [0.25, 0.3) is 0 Å². The van der Waals surface area contributed by atoms with Crippen molar-refractivity contribution in [2.24, 2.45) is 5.92 Å². The summed E-state index contributed by atoms with van der Waals surface area (Å²) in [5.41, 5.74) is 0. The summed E-state index contributed by atoms with van der Waals surface area (Å²) in [4.78, 5) is 14.1. The van der Waals surface area contributed by atoms with Gasteiger partial charge >= 0.3 is 0 Å². The van der Waals surface area contributed by atoms with Gasteiger partial charge in [0.2, 0.25) is 5.91 Å². The lowest BCUT2D eigenvalue weighted by Crippen LogP contribution is -2.46. The van der Waals surface area contributed by atoms with Crippen LogP contribution >= 0.6 is 15.9 Å². The monoisotopic (exact) mass is 325 g/mol. The van der Waals surface area contributed by atoms with E-state index in [1.165, 1.54) is 6.92 Å². The van der Waals surface area contributed by atoms with Crippen molar-refractivity contribution in [2.75, 3.05) is 19.3 Å². The fourth-order valence-corrected chi connectivity index (χ4v) is 3.06. The molecule has 2 unspecified atom stereocenters. The van der Waals surface area contributed by atoms with Gasteiger partial charge in [-0.15, -0.1) is 0 Å². The average Bonchev–Trinajstić information content (AvgIpc) is 2.26. The third kappa shape index (κ3) is 3.95. The zero-order chi connectivity index (χ0) is 13.2. The number of sulfone groups is 1. The number of carbonyl (C=O) groups is 1. The van der Waals surface area contributed by atoms with Crippen molar-refractivity contribution in [3.05, 3.63) is 0 Å². The number of nitrogens with zero attached hydrogens (tertiary/aromatic N) is 1. The van der Waals surface area contributed by atoms with Crippen LogP contribution in [0, 0.1) is 5.92 Å². The van der Waals surface area contributed by atoms with Crippen molar-refractivity contribution in [1.82, 2.24) is 4.90 Å². The summed E-state index contributed by atoms with van der Waals surface area (Å²) in [5.74, 6) is 0.320. The van der Waals surface area contributed by atoms with Gasteiger partial charge in [0, 0.05) is 24.2 Å². The summed E-state index contributed by atoms with van der Waals surface area (Å²) in [5, 5.41) is -0.916. The second kappa shape index (κ2) is 5.69. The van der Waals surface area contributed by atoms with Crippen molar-refractivity contribution in [2.45, 2.75) is 36.8 Å². The Labute approximate surface area is 112 Å². The van der Waals surface area contributed by atoms with E-state index in [1.807, 2.05) is 0 Å². The summed E-state index contributed by atoms with van der Waals surface area (Å²) >= 11 is 3.55. The van der Waals surface area contributed by atoms with Crippen LogP contribution in [0.3, 0.4) is 0 Å². The minimum absolute atomic E-state index is 0.256. The smallest absolute Gasteiger partial charge is 0.240 e. The van der Waals surface area contributed by atoms with Crippen LogP contribution in [0.2, 0.25) is 0 Å². The number of hydrogen-bond donors (Lipinski definition) is 0. The largest absolute Gasteiger partial charge is 0.342 e. The second-order valence-electron chi connectivity index (χ2n) is 4.81. The Balaban J connectivity index is 2.58. The fraction of sp³-hybridized carbons (Fsp3) is 0.909. The summed E-state index contributed by atoms with van der Waals surface area (Å²) in [6.45, 7) is 4.91. The predicted octanol–water partition coefficient (Wildman–Crippen LogP) is 1.44. The quantitative estimate of drug-likeness (QED) is 0.738. The Kier molecular flexibility index (Phi) is 5.01. The molecule has 0 bridgehead atoms. The van der Waals surface area contributed by atoms with Gasteiger partial charge in [-0.25, -0.2) is 8.42 Å². The molecule has 0 radical (unpaired) electrons. The number of amides is 1. The van der Waals surface area contributed by atoms with E-state index in [2.05, 4.69) is 22.9 Å². The molecule has 1 aliphatic heterocycles. The van der Waals surface area contributed by atoms with E-state index >= 15 is 0 Å². The van der Waals surface area contributed by atoms with Crippen LogP contribution in [-0.2, 0) is 14.6 Å². The summed E-state index contributed by atoms with van der Waals surface area (Å²) in [7, 11) is -3.28. The van der Waals surface area contributed by atoms with Crippen LogP contribution in [0.15, 0.2) is 0 Å². The molecule has 1 heterocycles. The van der Waals surface area contributed by atoms with Crippen LogP contribution in [-0.4, -0.2) is 48.6 Å². The van der Waals surface area contributed by atoms with E-state index in [4.69, 9.17) is 0 Å². The highest BCUT2D eigenvalue weighted by atomic mass is 79.9. The first-order chi connectivity index (χ1) is 7.73. The zero-order valence-electron chi connectivity index (χ0n) is 10.5. The van der Waals surface area contributed by atoms with Crippen LogP contribution in [0.25, 0.3) is 0 Å². The molecule has 0 aromatic heterocycles. The molecule has 0 saturated carbocycles. The molecule has 17 heavy (non-hydrogen) atoms. The number of hydrogen-bond acceptors (Lipinski definition) is 3. The predicted molar refractivity (Wildman–Crippen MR) is 72.0 cm³/mol. The third-order valence-electron chi connectivity index (χ3n) is 3.49. The molecular formula is C11H20BrNO3S. The van der Waals surface area contributed by atoms with E-state index in [9.17, 15) is 13.2 Å². The second-order valence-corrected chi connectivity index (χ2v) is 8.62. The first kappa shape index (κ1) is 15.0. The van der Waals surface area contributed by atoms with Gasteiger partial charge in [-0.2, -0.15) is 0 Å². The van der Waals surface area contributed by atoms with Crippen molar-refractivity contribution in [3.8, 4) is 0 Å². The standard InChI is InChI=1S/C11H20BrNO3S/c1-8(12)10-4-6-13(7-5-10)11(14)9(2)17(3,15)16/h8-10H,4-7H2,1-3H3. The number of piperidine rings is 1. The fourth-order valence-electron chi connectivity index (χ4n) is 2.02. The third-order valence-corrected chi connectivity index (χ3v) is 5.72. The minimum atomic E-state index is -3.28. The zero-order valence-corrected chi connectivity index (χ0v) is 12.9. The highest BCUT2D eigenvalue weighted by molar-refractivity contribution is 9.09. The van der Waals surface area contributed by atoms with Gasteiger partial charge in [-0.3, -0.25) is 4.79 Å². The highest BCUT2D eigenvalue weighted by Crippen LogP contribution is 2.25.